The number of likely N-dealkylation sites (tertiary alicyclic amines) is 1. The lowest BCUT2D eigenvalue weighted by Crippen LogP contribution is -2.48. The minimum absolute atomic E-state index is 0.0938. The smallest absolute Gasteiger partial charge is 0.242 e. The van der Waals surface area contributed by atoms with Crippen LogP contribution in [0.1, 0.15) is 47.0 Å². The molecule has 0 saturated carbocycles. The molecular formula is C16H31N5O2. The first-order chi connectivity index (χ1) is 10.7. The monoisotopic (exact) mass is 325 g/mol. The maximum atomic E-state index is 11.9. The van der Waals surface area contributed by atoms with Gasteiger partial charge in [0.2, 0.25) is 11.8 Å². The van der Waals surface area contributed by atoms with E-state index in [-0.39, 0.29) is 29.8 Å². The number of aliphatic imine (C=N–C) groups is 1. The van der Waals surface area contributed by atoms with Crippen LogP contribution in [0.25, 0.3) is 0 Å². The zero-order chi connectivity index (χ0) is 17.5. The van der Waals surface area contributed by atoms with E-state index in [4.69, 9.17) is 5.73 Å². The SMILES string of the molecule is CCNC(=NCC(=O)NC(C)(C)C)N1CCCC(CC(N)=O)C1. The van der Waals surface area contributed by atoms with Gasteiger partial charge in [0.15, 0.2) is 5.96 Å². The molecule has 4 N–H and O–H groups in total. The van der Waals surface area contributed by atoms with Gasteiger partial charge in [0.25, 0.3) is 0 Å². The molecule has 0 bridgehead atoms. The molecule has 2 amide bonds. The summed E-state index contributed by atoms with van der Waals surface area (Å²) in [7, 11) is 0. The summed E-state index contributed by atoms with van der Waals surface area (Å²) in [5.41, 5.74) is 5.04. The van der Waals surface area contributed by atoms with Gasteiger partial charge in [0.1, 0.15) is 6.54 Å². The van der Waals surface area contributed by atoms with E-state index in [0.29, 0.717) is 6.42 Å². The van der Waals surface area contributed by atoms with Crippen molar-refractivity contribution >= 4 is 17.8 Å². The highest BCUT2D eigenvalue weighted by atomic mass is 16.2. The van der Waals surface area contributed by atoms with Crippen molar-refractivity contribution in [3.05, 3.63) is 0 Å². The zero-order valence-electron chi connectivity index (χ0n) is 14.8. The normalized spacial score (nSPS) is 19.4. The highest BCUT2D eigenvalue weighted by Crippen LogP contribution is 2.19. The van der Waals surface area contributed by atoms with Gasteiger partial charge in [-0.15, -0.1) is 0 Å². The third kappa shape index (κ3) is 7.85. The highest BCUT2D eigenvalue weighted by Gasteiger charge is 2.23. The predicted molar refractivity (Wildman–Crippen MR) is 92.0 cm³/mol. The van der Waals surface area contributed by atoms with Gasteiger partial charge in [-0.25, -0.2) is 4.99 Å². The van der Waals surface area contributed by atoms with E-state index in [2.05, 4.69) is 20.5 Å². The lowest BCUT2D eigenvalue weighted by molar-refractivity contribution is -0.121. The number of primary amides is 1. The number of hydrogen-bond donors (Lipinski definition) is 3. The van der Waals surface area contributed by atoms with E-state index in [0.717, 1.165) is 38.4 Å². The van der Waals surface area contributed by atoms with E-state index < -0.39 is 0 Å². The first-order valence-corrected chi connectivity index (χ1v) is 8.34. The Hall–Kier alpha value is -1.79. The lowest BCUT2D eigenvalue weighted by atomic mass is 9.95. The summed E-state index contributed by atoms with van der Waals surface area (Å²) in [4.78, 5) is 29.6. The second kappa shape index (κ2) is 8.74. The Labute approximate surface area is 139 Å². The molecule has 23 heavy (non-hydrogen) atoms. The van der Waals surface area contributed by atoms with Crippen LogP contribution in [-0.4, -0.2) is 54.4 Å². The number of amides is 2. The Morgan fingerprint density at radius 3 is 2.61 bits per heavy atom. The fourth-order valence-electron chi connectivity index (χ4n) is 2.74. The molecule has 0 aromatic rings. The molecule has 0 aromatic heterocycles. The fraction of sp³-hybridized carbons (Fsp3) is 0.812. The van der Waals surface area contributed by atoms with E-state index in [1.54, 1.807) is 0 Å². The second-order valence-corrected chi connectivity index (χ2v) is 7.09. The van der Waals surface area contributed by atoms with Crippen LogP contribution in [0.2, 0.25) is 0 Å². The summed E-state index contributed by atoms with van der Waals surface area (Å²) in [6.45, 7) is 10.3. The van der Waals surface area contributed by atoms with Crippen molar-refractivity contribution in [2.45, 2.75) is 52.5 Å². The Kier molecular flexibility index (Phi) is 7.32. The number of carbonyl (C=O) groups excluding carboxylic acids is 2. The van der Waals surface area contributed by atoms with Crippen LogP contribution >= 0.6 is 0 Å². The molecule has 1 rings (SSSR count). The molecule has 1 fully saturated rings. The van der Waals surface area contributed by atoms with Gasteiger partial charge >= 0.3 is 0 Å². The standard InChI is InChI=1S/C16H31N5O2/c1-5-18-15(19-10-14(23)20-16(2,3)4)21-8-6-7-12(11-21)9-13(17)22/h12H,5-11H2,1-4H3,(H2,17,22)(H,18,19)(H,20,23). The van der Waals surface area contributed by atoms with Crippen LogP contribution in [0.15, 0.2) is 4.99 Å². The van der Waals surface area contributed by atoms with Gasteiger partial charge in [-0.3, -0.25) is 9.59 Å². The van der Waals surface area contributed by atoms with Crippen molar-refractivity contribution in [3.8, 4) is 0 Å². The van der Waals surface area contributed by atoms with Crippen molar-refractivity contribution in [3.63, 3.8) is 0 Å². The van der Waals surface area contributed by atoms with Gasteiger partial charge in [-0.2, -0.15) is 0 Å². The van der Waals surface area contributed by atoms with Crippen LogP contribution in [-0.2, 0) is 9.59 Å². The molecule has 1 saturated heterocycles. The van der Waals surface area contributed by atoms with E-state index >= 15 is 0 Å². The van der Waals surface area contributed by atoms with Crippen molar-refractivity contribution in [2.75, 3.05) is 26.2 Å². The molecule has 1 aliphatic heterocycles. The van der Waals surface area contributed by atoms with Crippen molar-refractivity contribution < 1.29 is 9.59 Å². The van der Waals surface area contributed by atoms with Crippen LogP contribution < -0.4 is 16.4 Å². The topological polar surface area (TPSA) is 99.8 Å². The first kappa shape index (κ1) is 19.3. The summed E-state index contributed by atoms with van der Waals surface area (Å²) in [5, 5.41) is 6.13. The van der Waals surface area contributed by atoms with Gasteiger partial charge in [0, 0.05) is 31.6 Å². The summed E-state index contributed by atoms with van der Waals surface area (Å²) < 4.78 is 0. The molecule has 0 aromatic carbocycles. The van der Waals surface area contributed by atoms with Gasteiger partial charge < -0.3 is 21.3 Å². The highest BCUT2D eigenvalue weighted by molar-refractivity contribution is 5.85. The number of nitrogens with two attached hydrogens (primary N) is 1. The quantitative estimate of drug-likeness (QED) is 0.505. The minimum Gasteiger partial charge on any atom is -0.370 e. The van der Waals surface area contributed by atoms with Gasteiger partial charge in [0.05, 0.1) is 0 Å². The second-order valence-electron chi connectivity index (χ2n) is 7.09. The van der Waals surface area contributed by atoms with E-state index in [1.807, 2.05) is 27.7 Å². The van der Waals surface area contributed by atoms with Gasteiger partial charge in [-0.05, 0) is 46.5 Å². The maximum absolute atomic E-state index is 11.9. The summed E-state index contributed by atoms with van der Waals surface area (Å²) in [6.07, 6.45) is 2.40. The van der Waals surface area contributed by atoms with Crippen LogP contribution in [0.3, 0.4) is 0 Å². The summed E-state index contributed by atoms with van der Waals surface area (Å²) >= 11 is 0. The molecule has 1 atom stereocenters. The molecule has 0 spiro atoms. The predicted octanol–water partition coefficient (Wildman–Crippen LogP) is 0.454. The molecule has 7 nitrogen and oxygen atoms in total. The number of piperidine rings is 1. The average molecular weight is 325 g/mol. The van der Waals surface area contributed by atoms with Crippen LogP contribution in [0.4, 0.5) is 0 Å². The molecule has 1 aliphatic rings. The summed E-state index contributed by atoms with van der Waals surface area (Å²) in [5.74, 6) is 0.626. The van der Waals surface area contributed by atoms with Crippen molar-refractivity contribution in [2.24, 2.45) is 16.6 Å². The molecule has 7 heteroatoms. The largest absolute Gasteiger partial charge is 0.370 e. The Morgan fingerprint density at radius 1 is 1.35 bits per heavy atom. The maximum Gasteiger partial charge on any atom is 0.242 e. The van der Waals surface area contributed by atoms with Crippen molar-refractivity contribution in [1.82, 2.24) is 15.5 Å². The third-order valence-corrected chi connectivity index (χ3v) is 3.53. The number of guanidine groups is 1. The van der Waals surface area contributed by atoms with Crippen molar-refractivity contribution in [1.29, 1.82) is 0 Å². The van der Waals surface area contributed by atoms with Crippen LogP contribution in [0.5, 0.6) is 0 Å². The number of hydrogen-bond acceptors (Lipinski definition) is 3. The third-order valence-electron chi connectivity index (χ3n) is 3.53. The van der Waals surface area contributed by atoms with Gasteiger partial charge in [-0.1, -0.05) is 0 Å². The average Bonchev–Trinajstić information content (AvgIpc) is 2.41. The fourth-order valence-corrected chi connectivity index (χ4v) is 2.74. The van der Waals surface area contributed by atoms with E-state index in [1.165, 1.54) is 0 Å². The minimum atomic E-state index is -0.261. The molecule has 132 valence electrons. The number of rotatable bonds is 5. The Bertz CT molecular complexity index is 442. The molecular weight excluding hydrogens is 294 g/mol. The first-order valence-electron chi connectivity index (χ1n) is 8.34. The Balaban J connectivity index is 2.66. The molecule has 1 heterocycles. The zero-order valence-corrected chi connectivity index (χ0v) is 14.8. The number of nitrogens with one attached hydrogen (secondary N) is 2. The molecule has 1 unspecified atom stereocenters. The Morgan fingerprint density at radius 2 is 2.04 bits per heavy atom. The molecule has 0 aliphatic carbocycles. The lowest BCUT2D eigenvalue weighted by Gasteiger charge is -2.34. The molecule has 0 radical (unpaired) electrons. The summed E-state index contributed by atoms with van der Waals surface area (Å²) in [6, 6.07) is 0. The van der Waals surface area contributed by atoms with Crippen LogP contribution in [0, 0.1) is 5.92 Å². The van der Waals surface area contributed by atoms with E-state index in [9.17, 15) is 9.59 Å². The number of carbonyl (C=O) groups is 2. The number of nitrogens with zero attached hydrogens (tertiary/aromatic N) is 2.